The van der Waals surface area contributed by atoms with Gasteiger partial charge in [0.2, 0.25) is 0 Å². The topological polar surface area (TPSA) is 0 Å². The van der Waals surface area contributed by atoms with E-state index in [1.165, 1.54) is 3.90 Å². The average molecular weight is 284 g/mol. The first-order valence-corrected chi connectivity index (χ1v) is 4.40. The Kier molecular flexibility index (Phi) is 10.7. The quantitative estimate of drug-likeness (QED) is 0.641. The molecule has 0 aromatic rings. The zero-order chi connectivity index (χ0) is 7.15. The van der Waals surface area contributed by atoms with Gasteiger partial charge in [-0.05, 0) is 5.92 Å². The van der Waals surface area contributed by atoms with Crippen molar-refractivity contribution < 1.29 is 19.4 Å². The summed E-state index contributed by atoms with van der Waals surface area (Å²) in [6.07, 6.45) is 0. The normalized spacial score (nSPS) is 7.75. The molecule has 0 atom stereocenters. The number of hydrogen-bond donors (Lipinski definition) is 0. The summed E-state index contributed by atoms with van der Waals surface area (Å²) in [5.41, 5.74) is 0. The molecule has 0 aromatic carbocycles. The van der Waals surface area contributed by atoms with Crippen LogP contribution in [0.15, 0.2) is 0 Å². The third-order valence-corrected chi connectivity index (χ3v) is 0. The van der Waals surface area contributed by atoms with E-state index < -0.39 is 0 Å². The van der Waals surface area contributed by atoms with Crippen LogP contribution in [0, 0.1) is 5.92 Å². The minimum atomic E-state index is 0.833. The van der Waals surface area contributed by atoms with Crippen LogP contribution >= 0.6 is 0 Å². The zero-order valence-electron chi connectivity index (χ0n) is 6.49. The van der Waals surface area contributed by atoms with Gasteiger partial charge >= 0.3 is 37.1 Å². The predicted molar refractivity (Wildman–Crippen MR) is 36.9 cm³/mol. The summed E-state index contributed by atoms with van der Waals surface area (Å²) in [6, 6.07) is 0. The fourth-order valence-electron chi connectivity index (χ4n) is 0. The molecule has 0 spiro atoms. The monoisotopic (exact) mass is 284 g/mol. The van der Waals surface area contributed by atoms with Crippen molar-refractivity contribution in [1.29, 1.82) is 0 Å². The molecule has 0 fully saturated rings. The summed E-state index contributed by atoms with van der Waals surface area (Å²) in [7, 11) is 0. The summed E-state index contributed by atoms with van der Waals surface area (Å²) in [4.78, 5) is 0. The van der Waals surface area contributed by atoms with Crippen LogP contribution in [-0.4, -0.2) is 3.90 Å². The van der Waals surface area contributed by atoms with Crippen LogP contribution in [0.2, 0.25) is 0 Å². The summed E-state index contributed by atoms with van der Waals surface area (Å²) in [6.45, 7) is 10.7. The molecule has 0 aromatic heterocycles. The van der Waals surface area contributed by atoms with Gasteiger partial charge in [0.25, 0.3) is 0 Å². The van der Waals surface area contributed by atoms with Gasteiger partial charge in [0.05, 0.1) is 0 Å². The third-order valence-electron chi connectivity index (χ3n) is 0. The van der Waals surface area contributed by atoms with Crippen LogP contribution in [-0.2, 0) is 19.4 Å². The Morgan fingerprint density at radius 2 is 1.12 bits per heavy atom. The van der Waals surface area contributed by atoms with Gasteiger partial charge in [-0.2, -0.15) is 0 Å². The molecule has 50 valence electrons. The first kappa shape index (κ1) is 11.4. The molecule has 0 N–H and O–H groups in total. The molecule has 0 bridgehead atoms. The van der Waals surface area contributed by atoms with Crippen LogP contribution in [0.25, 0.3) is 0 Å². The average Bonchev–Trinajstić information content (AvgIpc) is 1.25. The molecular formula is C7H16W. The van der Waals surface area contributed by atoms with Crippen molar-refractivity contribution in [1.82, 2.24) is 0 Å². The van der Waals surface area contributed by atoms with E-state index >= 15 is 0 Å². The van der Waals surface area contributed by atoms with Gasteiger partial charge in [0, 0.05) is 0 Å². The Hall–Kier alpha value is 0.558. The van der Waals surface area contributed by atoms with E-state index in [1.807, 2.05) is 0 Å². The SMILES string of the molecule is CC(C)C.C[C](C)=[W]. The first-order valence-electron chi connectivity index (χ1n) is 2.94. The fraction of sp³-hybridized carbons (Fsp3) is 0.857. The summed E-state index contributed by atoms with van der Waals surface area (Å²) >= 11 is 1.59. The van der Waals surface area contributed by atoms with Crippen molar-refractivity contribution in [3.8, 4) is 0 Å². The van der Waals surface area contributed by atoms with Gasteiger partial charge in [-0.25, -0.2) is 0 Å². The Balaban J connectivity index is 0. The Bertz CT molecular complexity index is 48.7. The molecule has 8 heavy (non-hydrogen) atoms. The van der Waals surface area contributed by atoms with Crippen LogP contribution in [0.1, 0.15) is 34.6 Å². The van der Waals surface area contributed by atoms with Gasteiger partial charge < -0.3 is 0 Å². The molecule has 0 rings (SSSR count). The van der Waals surface area contributed by atoms with Crippen LogP contribution in [0.3, 0.4) is 0 Å². The molecule has 1 heteroatoms. The molecule has 0 saturated carbocycles. The molecular weight excluding hydrogens is 268 g/mol. The third kappa shape index (κ3) is 650. The minimum absolute atomic E-state index is 0.833. The van der Waals surface area contributed by atoms with Gasteiger partial charge in [0.15, 0.2) is 0 Å². The molecule has 0 heterocycles. The van der Waals surface area contributed by atoms with Crippen molar-refractivity contribution in [2.24, 2.45) is 5.92 Å². The molecule has 0 radical (unpaired) electrons. The Labute approximate surface area is 64.1 Å². The maximum atomic E-state index is 2.17. The first-order chi connectivity index (χ1) is 3.46. The maximum absolute atomic E-state index is 2.17. The number of rotatable bonds is 0. The van der Waals surface area contributed by atoms with Crippen LogP contribution in [0.4, 0.5) is 0 Å². The standard InChI is InChI=1S/C4H10.C3H6.W/c1-4(2)3;1-3-2;/h4H,1-3H3;1-2H3;. The predicted octanol–water partition coefficient (Wildman–Crippen LogP) is 2.41. The zero-order valence-corrected chi connectivity index (χ0v) is 9.42. The van der Waals surface area contributed by atoms with Crippen LogP contribution in [0.5, 0.6) is 0 Å². The van der Waals surface area contributed by atoms with Gasteiger partial charge in [-0.15, -0.1) is 0 Å². The second-order valence-corrected chi connectivity index (χ2v) is 5.57. The Morgan fingerprint density at radius 3 is 1.12 bits per heavy atom. The Morgan fingerprint density at radius 1 is 1.12 bits per heavy atom. The second-order valence-electron chi connectivity index (χ2n) is 2.64. The second kappa shape index (κ2) is 7.56. The fourth-order valence-corrected chi connectivity index (χ4v) is 0. The summed E-state index contributed by atoms with van der Waals surface area (Å²) in [5, 5.41) is 0. The molecule has 0 aliphatic heterocycles. The van der Waals surface area contributed by atoms with Gasteiger partial charge in [-0.3, -0.25) is 0 Å². The van der Waals surface area contributed by atoms with E-state index in [9.17, 15) is 0 Å². The molecule has 0 aliphatic carbocycles. The van der Waals surface area contributed by atoms with Crippen LogP contribution < -0.4 is 0 Å². The molecule has 0 unspecified atom stereocenters. The molecule has 0 nitrogen and oxygen atoms in total. The summed E-state index contributed by atoms with van der Waals surface area (Å²) in [5.74, 6) is 0.833. The van der Waals surface area contributed by atoms with Crippen molar-refractivity contribution in [2.75, 3.05) is 0 Å². The van der Waals surface area contributed by atoms with Gasteiger partial charge in [-0.1, -0.05) is 20.8 Å². The van der Waals surface area contributed by atoms with Crippen molar-refractivity contribution in [3.05, 3.63) is 0 Å². The summed E-state index contributed by atoms with van der Waals surface area (Å²) < 4.78 is 1.50. The van der Waals surface area contributed by atoms with Gasteiger partial charge in [0.1, 0.15) is 0 Å². The van der Waals surface area contributed by atoms with Crippen molar-refractivity contribution in [2.45, 2.75) is 34.6 Å². The van der Waals surface area contributed by atoms with Crippen molar-refractivity contribution in [3.63, 3.8) is 0 Å². The van der Waals surface area contributed by atoms with E-state index in [0.717, 1.165) is 5.92 Å². The van der Waals surface area contributed by atoms with E-state index in [1.54, 1.807) is 19.4 Å². The molecule has 0 saturated heterocycles. The number of hydrogen-bond acceptors (Lipinski definition) is 0. The van der Waals surface area contributed by atoms with E-state index in [2.05, 4.69) is 34.6 Å². The van der Waals surface area contributed by atoms with E-state index in [-0.39, 0.29) is 0 Å². The van der Waals surface area contributed by atoms with E-state index in [0.29, 0.717) is 0 Å². The van der Waals surface area contributed by atoms with Crippen molar-refractivity contribution >= 4 is 3.90 Å². The molecule has 0 amide bonds. The molecule has 0 aliphatic rings. The van der Waals surface area contributed by atoms with E-state index in [4.69, 9.17) is 0 Å².